The Morgan fingerprint density at radius 2 is 2.07 bits per heavy atom. The number of nitrogens with one attached hydrogen (secondary N) is 1. The molecule has 1 aromatic heterocycles. The molecule has 0 bridgehead atoms. The van der Waals surface area contributed by atoms with E-state index in [0.29, 0.717) is 38.4 Å². The van der Waals surface area contributed by atoms with Gasteiger partial charge in [0.2, 0.25) is 11.8 Å². The number of benzene rings is 1. The molecule has 1 atom stereocenters. The highest BCUT2D eigenvalue weighted by molar-refractivity contribution is 5.78. The third-order valence-corrected chi connectivity index (χ3v) is 6.40. The summed E-state index contributed by atoms with van der Waals surface area (Å²) < 4.78 is 5.62. The molecule has 8 heteroatoms. The number of β-amino-alcohol motifs (C(OH)–C–C–N with tert-alkyl or cyclic N) is 1. The maximum atomic E-state index is 12.6. The standard InChI is InChI=1S/C22H30N4O4/c1-15-3-4-18-19(9-15)24-20(23-18)12-30-13-21(29)25-7-5-22(6-8-25)10-17(28)11-26(14-22)16(2)27/h3-4,9,17,28H,5-8,10-14H2,1-2H3,(H,23,24). The predicted molar refractivity (Wildman–Crippen MR) is 112 cm³/mol. The third-order valence-electron chi connectivity index (χ3n) is 6.40. The number of hydrogen-bond donors (Lipinski definition) is 2. The van der Waals surface area contributed by atoms with E-state index in [1.807, 2.05) is 30.0 Å². The summed E-state index contributed by atoms with van der Waals surface area (Å²) in [5.41, 5.74) is 2.93. The van der Waals surface area contributed by atoms with E-state index in [4.69, 9.17) is 4.74 Å². The number of carbonyl (C=O) groups excluding carboxylic acids is 2. The summed E-state index contributed by atoms with van der Waals surface area (Å²) in [7, 11) is 0. The zero-order valence-corrected chi connectivity index (χ0v) is 17.7. The van der Waals surface area contributed by atoms with Gasteiger partial charge in [0, 0.05) is 33.1 Å². The fraction of sp³-hybridized carbons (Fsp3) is 0.591. The second-order valence-corrected chi connectivity index (χ2v) is 8.84. The van der Waals surface area contributed by atoms with Crippen molar-refractivity contribution in [1.29, 1.82) is 0 Å². The smallest absolute Gasteiger partial charge is 0.248 e. The third kappa shape index (κ3) is 4.49. The van der Waals surface area contributed by atoms with Crippen molar-refractivity contribution >= 4 is 22.8 Å². The van der Waals surface area contributed by atoms with E-state index in [2.05, 4.69) is 9.97 Å². The number of fused-ring (bicyclic) bond motifs is 1. The number of ether oxygens (including phenoxy) is 1. The van der Waals surface area contributed by atoms with Crippen molar-refractivity contribution in [2.24, 2.45) is 5.41 Å². The molecular weight excluding hydrogens is 384 g/mol. The minimum atomic E-state index is -0.485. The molecule has 2 aliphatic rings. The van der Waals surface area contributed by atoms with E-state index in [-0.39, 0.29) is 30.4 Å². The summed E-state index contributed by atoms with van der Waals surface area (Å²) in [6, 6.07) is 6.02. The normalized spacial score (nSPS) is 21.4. The van der Waals surface area contributed by atoms with E-state index in [9.17, 15) is 14.7 Å². The number of nitrogens with zero attached hydrogens (tertiary/aromatic N) is 3. The number of likely N-dealkylation sites (tertiary alicyclic amines) is 2. The Morgan fingerprint density at radius 1 is 1.30 bits per heavy atom. The van der Waals surface area contributed by atoms with Crippen LogP contribution in [0.4, 0.5) is 0 Å². The second kappa shape index (κ2) is 8.35. The first-order valence-electron chi connectivity index (χ1n) is 10.6. The number of aromatic nitrogens is 2. The van der Waals surface area contributed by atoms with Crippen LogP contribution in [0, 0.1) is 12.3 Å². The number of aryl methyl sites for hydroxylation is 1. The first kappa shape index (κ1) is 20.8. The van der Waals surface area contributed by atoms with Crippen LogP contribution in [0.2, 0.25) is 0 Å². The van der Waals surface area contributed by atoms with Crippen molar-refractivity contribution < 1.29 is 19.4 Å². The van der Waals surface area contributed by atoms with Crippen LogP contribution in [-0.2, 0) is 20.9 Å². The maximum absolute atomic E-state index is 12.6. The molecular formula is C22H30N4O4. The molecule has 0 radical (unpaired) electrons. The molecule has 4 rings (SSSR count). The summed E-state index contributed by atoms with van der Waals surface area (Å²) >= 11 is 0. The number of rotatable bonds is 4. The van der Waals surface area contributed by atoms with Gasteiger partial charge >= 0.3 is 0 Å². The Balaban J connectivity index is 1.26. The minimum Gasteiger partial charge on any atom is -0.391 e. The molecule has 2 aliphatic heterocycles. The zero-order chi connectivity index (χ0) is 21.3. The van der Waals surface area contributed by atoms with Crippen LogP contribution in [0.3, 0.4) is 0 Å². The Bertz CT molecular complexity index is 932. The average Bonchev–Trinajstić information content (AvgIpc) is 3.09. The molecule has 3 heterocycles. The van der Waals surface area contributed by atoms with Gasteiger partial charge in [0.25, 0.3) is 0 Å². The second-order valence-electron chi connectivity index (χ2n) is 8.84. The SMILES string of the molecule is CC(=O)N1CC(O)CC2(CCN(C(=O)COCc3nc4ccc(C)cc4[nH]3)CC2)C1. The Labute approximate surface area is 176 Å². The van der Waals surface area contributed by atoms with E-state index in [0.717, 1.165) is 29.4 Å². The fourth-order valence-electron chi connectivity index (χ4n) is 4.76. The molecule has 162 valence electrons. The molecule has 1 unspecified atom stereocenters. The Morgan fingerprint density at radius 3 is 2.80 bits per heavy atom. The molecule has 0 aliphatic carbocycles. The van der Waals surface area contributed by atoms with Gasteiger partial charge in [-0.2, -0.15) is 0 Å². The number of aliphatic hydroxyl groups excluding tert-OH is 1. The van der Waals surface area contributed by atoms with E-state index in [1.165, 1.54) is 0 Å². The molecule has 1 spiro atoms. The van der Waals surface area contributed by atoms with Gasteiger partial charge in [-0.15, -0.1) is 0 Å². The van der Waals surface area contributed by atoms with Gasteiger partial charge < -0.3 is 24.6 Å². The molecule has 8 nitrogen and oxygen atoms in total. The van der Waals surface area contributed by atoms with Crippen molar-refractivity contribution in [2.75, 3.05) is 32.8 Å². The number of carbonyl (C=O) groups is 2. The molecule has 2 N–H and O–H groups in total. The van der Waals surface area contributed by atoms with Crippen LogP contribution in [0.5, 0.6) is 0 Å². The summed E-state index contributed by atoms with van der Waals surface area (Å²) in [6.45, 7) is 6.20. The lowest BCUT2D eigenvalue weighted by Gasteiger charge is -2.49. The maximum Gasteiger partial charge on any atom is 0.248 e. The van der Waals surface area contributed by atoms with Crippen LogP contribution < -0.4 is 0 Å². The Hall–Kier alpha value is -2.45. The largest absolute Gasteiger partial charge is 0.391 e. The van der Waals surface area contributed by atoms with Gasteiger partial charge in [-0.25, -0.2) is 4.98 Å². The summed E-state index contributed by atoms with van der Waals surface area (Å²) in [4.78, 5) is 35.6. The lowest BCUT2D eigenvalue weighted by Crippen LogP contribution is -2.55. The van der Waals surface area contributed by atoms with Gasteiger partial charge in [0.05, 0.1) is 17.1 Å². The van der Waals surface area contributed by atoms with Crippen LogP contribution in [0.1, 0.15) is 37.6 Å². The average molecular weight is 415 g/mol. The number of aliphatic hydroxyl groups is 1. The topological polar surface area (TPSA) is 98.8 Å². The summed E-state index contributed by atoms with van der Waals surface area (Å²) in [5, 5.41) is 10.2. The first-order valence-corrected chi connectivity index (χ1v) is 10.6. The van der Waals surface area contributed by atoms with E-state index in [1.54, 1.807) is 11.8 Å². The number of imidazole rings is 1. The number of piperidine rings is 2. The first-order chi connectivity index (χ1) is 14.3. The highest BCUT2D eigenvalue weighted by Gasteiger charge is 2.42. The van der Waals surface area contributed by atoms with Crippen molar-refractivity contribution in [2.45, 2.75) is 45.8 Å². The molecule has 0 saturated carbocycles. The molecule has 1 aromatic carbocycles. The van der Waals surface area contributed by atoms with Crippen LogP contribution in [0.15, 0.2) is 18.2 Å². The molecule has 30 heavy (non-hydrogen) atoms. The predicted octanol–water partition coefficient (Wildman–Crippen LogP) is 1.61. The zero-order valence-electron chi connectivity index (χ0n) is 17.7. The Kier molecular flexibility index (Phi) is 5.79. The molecule has 2 fully saturated rings. The molecule has 2 amide bonds. The number of H-pyrrole nitrogens is 1. The lowest BCUT2D eigenvalue weighted by molar-refractivity contribution is -0.144. The van der Waals surface area contributed by atoms with Crippen LogP contribution in [0.25, 0.3) is 11.0 Å². The summed E-state index contributed by atoms with van der Waals surface area (Å²) in [6.07, 6.45) is 1.80. The van der Waals surface area contributed by atoms with Crippen molar-refractivity contribution in [3.8, 4) is 0 Å². The fourth-order valence-corrected chi connectivity index (χ4v) is 4.76. The highest BCUT2D eigenvalue weighted by Crippen LogP contribution is 2.40. The molecule has 2 aromatic rings. The van der Waals surface area contributed by atoms with E-state index >= 15 is 0 Å². The highest BCUT2D eigenvalue weighted by atomic mass is 16.5. The van der Waals surface area contributed by atoms with Crippen molar-refractivity contribution in [3.63, 3.8) is 0 Å². The van der Waals surface area contributed by atoms with Gasteiger partial charge in [-0.3, -0.25) is 9.59 Å². The lowest BCUT2D eigenvalue weighted by atomic mass is 9.71. The quantitative estimate of drug-likeness (QED) is 0.792. The van der Waals surface area contributed by atoms with Gasteiger partial charge in [0.1, 0.15) is 19.0 Å². The minimum absolute atomic E-state index is 0.000721. The van der Waals surface area contributed by atoms with Gasteiger partial charge in [-0.1, -0.05) is 6.07 Å². The molecule has 2 saturated heterocycles. The van der Waals surface area contributed by atoms with Gasteiger partial charge in [-0.05, 0) is 49.3 Å². The van der Waals surface area contributed by atoms with Crippen molar-refractivity contribution in [1.82, 2.24) is 19.8 Å². The van der Waals surface area contributed by atoms with Gasteiger partial charge in [0.15, 0.2) is 0 Å². The van der Waals surface area contributed by atoms with E-state index < -0.39 is 6.10 Å². The number of aromatic amines is 1. The van der Waals surface area contributed by atoms with Crippen LogP contribution >= 0.6 is 0 Å². The van der Waals surface area contributed by atoms with Crippen molar-refractivity contribution in [3.05, 3.63) is 29.6 Å². The monoisotopic (exact) mass is 414 g/mol. The number of amides is 2. The number of hydrogen-bond acceptors (Lipinski definition) is 5. The summed E-state index contributed by atoms with van der Waals surface area (Å²) in [5.74, 6) is 0.680. The van der Waals surface area contributed by atoms with Crippen LogP contribution in [-0.4, -0.2) is 75.6 Å².